The van der Waals surface area contributed by atoms with Crippen LogP contribution < -0.4 is 0 Å². The molecule has 1 aromatic heterocycles. The molecule has 0 amide bonds. The molecule has 0 radical (unpaired) electrons. The fourth-order valence-electron chi connectivity index (χ4n) is 2.10. The average Bonchev–Trinajstić information content (AvgIpc) is 2.57. The largest absolute Gasteiger partial charge is 0.357 e. The Morgan fingerprint density at radius 2 is 1.94 bits per heavy atom. The van der Waals surface area contributed by atoms with Gasteiger partial charge in [-0.1, -0.05) is 39.0 Å². The van der Waals surface area contributed by atoms with Gasteiger partial charge in [-0.3, -0.25) is 4.79 Å². The molecular formula is C14H17NO. The van der Waals surface area contributed by atoms with Gasteiger partial charge < -0.3 is 4.98 Å². The first-order valence-corrected chi connectivity index (χ1v) is 5.52. The van der Waals surface area contributed by atoms with Crippen molar-refractivity contribution in [2.24, 2.45) is 0 Å². The lowest BCUT2D eigenvalue weighted by Gasteiger charge is -2.17. The number of nitrogens with one attached hydrogen (secondary N) is 1. The number of carbonyl (C=O) groups excluding carboxylic acids is 1. The van der Waals surface area contributed by atoms with Crippen molar-refractivity contribution in [2.75, 3.05) is 0 Å². The van der Waals surface area contributed by atoms with E-state index in [0.717, 1.165) is 28.4 Å². The normalized spacial score (nSPS) is 12.0. The summed E-state index contributed by atoms with van der Waals surface area (Å²) < 4.78 is 0. The van der Waals surface area contributed by atoms with Crippen LogP contribution in [0.1, 0.15) is 42.4 Å². The molecule has 2 rings (SSSR count). The summed E-state index contributed by atoms with van der Waals surface area (Å²) in [5, 5.41) is 1.03. The molecule has 0 saturated heterocycles. The minimum Gasteiger partial charge on any atom is -0.357 e. The standard InChI is InChI=1S/C14H17NO/c1-9-6-5-7-10-11(8-16)13(14(2,3)4)15-12(9)10/h5-8,15H,1-4H3. The number of aldehydes is 1. The second-order valence-corrected chi connectivity index (χ2v) is 5.28. The third-order valence-electron chi connectivity index (χ3n) is 2.95. The van der Waals surface area contributed by atoms with Gasteiger partial charge in [0.25, 0.3) is 0 Å². The molecule has 2 heteroatoms. The molecule has 0 spiro atoms. The zero-order valence-corrected chi connectivity index (χ0v) is 10.2. The van der Waals surface area contributed by atoms with Crippen LogP contribution in [0.15, 0.2) is 18.2 Å². The van der Waals surface area contributed by atoms with E-state index in [1.54, 1.807) is 0 Å². The maximum Gasteiger partial charge on any atom is 0.152 e. The number of para-hydroxylation sites is 1. The first-order chi connectivity index (χ1) is 7.45. The Balaban J connectivity index is 2.87. The molecule has 1 aromatic carbocycles. The van der Waals surface area contributed by atoms with Crippen molar-refractivity contribution in [3.8, 4) is 0 Å². The number of fused-ring (bicyclic) bond motifs is 1. The van der Waals surface area contributed by atoms with E-state index in [9.17, 15) is 4.79 Å². The molecule has 84 valence electrons. The number of rotatable bonds is 1. The molecule has 2 nitrogen and oxygen atoms in total. The van der Waals surface area contributed by atoms with Gasteiger partial charge in [0.15, 0.2) is 6.29 Å². The van der Waals surface area contributed by atoms with Crippen LogP contribution in [0.5, 0.6) is 0 Å². The van der Waals surface area contributed by atoms with Gasteiger partial charge in [0, 0.05) is 27.6 Å². The zero-order valence-electron chi connectivity index (χ0n) is 10.2. The lowest BCUT2D eigenvalue weighted by Crippen LogP contribution is -2.13. The van der Waals surface area contributed by atoms with Crippen LogP contribution in [0.25, 0.3) is 10.9 Å². The van der Waals surface area contributed by atoms with Gasteiger partial charge in [0.05, 0.1) is 0 Å². The van der Waals surface area contributed by atoms with Gasteiger partial charge in [-0.25, -0.2) is 0 Å². The summed E-state index contributed by atoms with van der Waals surface area (Å²) in [4.78, 5) is 14.6. The monoisotopic (exact) mass is 215 g/mol. The van der Waals surface area contributed by atoms with Crippen LogP contribution in [-0.2, 0) is 5.41 Å². The second kappa shape index (κ2) is 3.48. The molecule has 0 saturated carbocycles. The van der Waals surface area contributed by atoms with Crippen LogP contribution in [0.3, 0.4) is 0 Å². The molecule has 0 aliphatic carbocycles. The number of hydrogen-bond donors (Lipinski definition) is 1. The lowest BCUT2D eigenvalue weighted by molar-refractivity contribution is 0.112. The predicted molar refractivity (Wildman–Crippen MR) is 67.1 cm³/mol. The maximum absolute atomic E-state index is 11.2. The zero-order chi connectivity index (χ0) is 11.9. The van der Waals surface area contributed by atoms with Crippen molar-refractivity contribution in [1.29, 1.82) is 0 Å². The molecule has 0 fully saturated rings. The summed E-state index contributed by atoms with van der Waals surface area (Å²) >= 11 is 0. The Bertz CT molecular complexity index is 544. The van der Waals surface area contributed by atoms with Crippen molar-refractivity contribution in [3.05, 3.63) is 35.0 Å². The van der Waals surface area contributed by atoms with E-state index in [1.807, 2.05) is 12.1 Å². The topological polar surface area (TPSA) is 32.9 Å². The first kappa shape index (κ1) is 10.9. The molecule has 1 N–H and O–H groups in total. The van der Waals surface area contributed by atoms with Crippen molar-refractivity contribution < 1.29 is 4.79 Å². The highest BCUT2D eigenvalue weighted by atomic mass is 16.1. The molecule has 0 bridgehead atoms. The van der Waals surface area contributed by atoms with E-state index in [2.05, 4.69) is 38.7 Å². The van der Waals surface area contributed by atoms with Crippen molar-refractivity contribution >= 4 is 17.2 Å². The summed E-state index contributed by atoms with van der Waals surface area (Å²) in [5.41, 5.74) is 4.03. The molecule has 0 unspecified atom stereocenters. The van der Waals surface area contributed by atoms with Crippen molar-refractivity contribution in [2.45, 2.75) is 33.1 Å². The van der Waals surface area contributed by atoms with E-state index in [4.69, 9.17) is 0 Å². The summed E-state index contributed by atoms with van der Waals surface area (Å²) in [6, 6.07) is 6.04. The predicted octanol–water partition coefficient (Wildman–Crippen LogP) is 3.59. The minimum absolute atomic E-state index is 0.0400. The minimum atomic E-state index is -0.0400. The van der Waals surface area contributed by atoms with E-state index >= 15 is 0 Å². The molecule has 1 heterocycles. The summed E-state index contributed by atoms with van der Waals surface area (Å²) in [5.74, 6) is 0. The number of aryl methyl sites for hydroxylation is 1. The number of hydrogen-bond acceptors (Lipinski definition) is 1. The van der Waals surface area contributed by atoms with E-state index in [0.29, 0.717) is 0 Å². The van der Waals surface area contributed by atoms with Gasteiger partial charge in [-0.05, 0) is 12.5 Å². The highest BCUT2D eigenvalue weighted by molar-refractivity contribution is 6.00. The average molecular weight is 215 g/mol. The van der Waals surface area contributed by atoms with Gasteiger partial charge in [0.2, 0.25) is 0 Å². The molecule has 16 heavy (non-hydrogen) atoms. The smallest absolute Gasteiger partial charge is 0.152 e. The first-order valence-electron chi connectivity index (χ1n) is 5.52. The molecule has 0 aliphatic heterocycles. The Kier molecular flexibility index (Phi) is 2.38. The third kappa shape index (κ3) is 1.54. The van der Waals surface area contributed by atoms with Gasteiger partial charge in [-0.15, -0.1) is 0 Å². The van der Waals surface area contributed by atoms with E-state index in [1.165, 1.54) is 5.56 Å². The van der Waals surface area contributed by atoms with Crippen LogP contribution >= 0.6 is 0 Å². The number of benzene rings is 1. The van der Waals surface area contributed by atoms with Crippen LogP contribution in [0.4, 0.5) is 0 Å². The Morgan fingerprint density at radius 1 is 1.25 bits per heavy atom. The van der Waals surface area contributed by atoms with Crippen LogP contribution in [0, 0.1) is 6.92 Å². The van der Waals surface area contributed by atoms with Gasteiger partial charge in [0.1, 0.15) is 0 Å². The van der Waals surface area contributed by atoms with Crippen molar-refractivity contribution in [3.63, 3.8) is 0 Å². The SMILES string of the molecule is Cc1cccc2c(C=O)c(C(C)(C)C)[nH]c12. The van der Waals surface area contributed by atoms with E-state index < -0.39 is 0 Å². The fourth-order valence-corrected chi connectivity index (χ4v) is 2.10. The van der Waals surface area contributed by atoms with Gasteiger partial charge >= 0.3 is 0 Å². The Morgan fingerprint density at radius 3 is 2.50 bits per heavy atom. The molecule has 0 aliphatic rings. The van der Waals surface area contributed by atoms with E-state index in [-0.39, 0.29) is 5.41 Å². The Hall–Kier alpha value is -1.57. The van der Waals surface area contributed by atoms with Crippen LogP contribution in [-0.4, -0.2) is 11.3 Å². The highest BCUT2D eigenvalue weighted by Crippen LogP contribution is 2.31. The summed E-state index contributed by atoms with van der Waals surface area (Å²) in [6.07, 6.45) is 0.957. The molecular weight excluding hydrogens is 198 g/mol. The third-order valence-corrected chi connectivity index (χ3v) is 2.95. The van der Waals surface area contributed by atoms with Crippen molar-refractivity contribution in [1.82, 2.24) is 4.98 Å². The summed E-state index contributed by atoms with van der Waals surface area (Å²) in [6.45, 7) is 8.39. The quantitative estimate of drug-likeness (QED) is 0.724. The highest BCUT2D eigenvalue weighted by Gasteiger charge is 2.22. The lowest BCUT2D eigenvalue weighted by atomic mass is 9.89. The van der Waals surface area contributed by atoms with Gasteiger partial charge in [-0.2, -0.15) is 0 Å². The number of carbonyl (C=O) groups is 1. The fraction of sp³-hybridized carbons (Fsp3) is 0.357. The number of aromatic amines is 1. The second-order valence-electron chi connectivity index (χ2n) is 5.28. The summed E-state index contributed by atoms with van der Waals surface area (Å²) in [7, 11) is 0. The molecule has 2 aromatic rings. The Labute approximate surface area is 95.7 Å². The number of aromatic nitrogens is 1. The molecule has 0 atom stereocenters. The maximum atomic E-state index is 11.2. The van der Waals surface area contributed by atoms with Crippen LogP contribution in [0.2, 0.25) is 0 Å². The number of H-pyrrole nitrogens is 1.